The molecule has 0 saturated carbocycles. The Morgan fingerprint density at radius 3 is 2.29 bits per heavy atom. The summed E-state index contributed by atoms with van der Waals surface area (Å²) in [6.45, 7) is 2.35. The van der Waals surface area contributed by atoms with Crippen LogP contribution >= 0.6 is 34.5 Å². The van der Waals surface area contributed by atoms with Gasteiger partial charge in [-0.15, -0.1) is 0 Å². The Bertz CT molecular complexity index is 1480. The van der Waals surface area contributed by atoms with Crippen molar-refractivity contribution in [3.8, 4) is 11.4 Å². The Hall–Kier alpha value is -2.54. The van der Waals surface area contributed by atoms with Crippen LogP contribution in [0.3, 0.4) is 0 Å². The van der Waals surface area contributed by atoms with Crippen molar-refractivity contribution >= 4 is 71.5 Å². The highest BCUT2D eigenvalue weighted by Crippen LogP contribution is 2.37. The average molecular weight is 550 g/mol. The predicted octanol–water partition coefficient (Wildman–Crippen LogP) is 4.32. The van der Waals surface area contributed by atoms with Crippen LogP contribution in [-0.2, 0) is 10.0 Å². The zero-order valence-corrected chi connectivity index (χ0v) is 21.7. The summed E-state index contributed by atoms with van der Waals surface area (Å²) in [5, 5.41) is 4.38. The number of fused-ring (bicyclic) bond motifs is 1. The van der Waals surface area contributed by atoms with Crippen LogP contribution in [0.2, 0.25) is 10.0 Å². The van der Waals surface area contributed by atoms with Crippen LogP contribution < -0.4 is 11.1 Å². The molecule has 182 valence electrons. The number of hydrogen-bond acceptors (Lipinski definition) is 9. The first kappa shape index (κ1) is 24.2. The summed E-state index contributed by atoms with van der Waals surface area (Å²) >= 11 is 14.0. The summed E-state index contributed by atoms with van der Waals surface area (Å²) in [6, 6.07) is 11.7. The number of piperazine rings is 1. The number of anilines is 3. The van der Waals surface area contributed by atoms with Crippen molar-refractivity contribution in [1.29, 1.82) is 0 Å². The Labute approximate surface area is 216 Å². The van der Waals surface area contributed by atoms with Gasteiger partial charge in [0.05, 0.1) is 20.5 Å². The van der Waals surface area contributed by atoms with Gasteiger partial charge in [-0.3, -0.25) is 0 Å². The SMILES string of the molecule is CN1CCN(S(=O)(=O)c2ccc(Nc3nc(-c4c(Cl)cccc4Cl)nc4sc(N)nc34)cc2)CC1. The molecule has 2 aromatic carbocycles. The molecule has 0 spiro atoms. The smallest absolute Gasteiger partial charge is 0.243 e. The number of nitrogens with zero attached hydrogens (tertiary/aromatic N) is 5. The molecule has 0 amide bonds. The second kappa shape index (κ2) is 9.49. The molecule has 1 aliphatic rings. The zero-order chi connectivity index (χ0) is 24.7. The highest BCUT2D eigenvalue weighted by atomic mass is 35.5. The number of nitrogen functional groups attached to an aromatic ring is 1. The van der Waals surface area contributed by atoms with Gasteiger partial charge in [-0.05, 0) is 43.4 Å². The maximum atomic E-state index is 13.0. The van der Waals surface area contributed by atoms with Crippen LogP contribution in [0.5, 0.6) is 0 Å². The number of nitrogens with two attached hydrogens (primary N) is 1. The average Bonchev–Trinajstić information content (AvgIpc) is 3.20. The molecule has 13 heteroatoms. The lowest BCUT2D eigenvalue weighted by molar-refractivity contribution is 0.222. The maximum Gasteiger partial charge on any atom is 0.243 e. The monoisotopic (exact) mass is 549 g/mol. The quantitative estimate of drug-likeness (QED) is 0.377. The van der Waals surface area contributed by atoms with Crippen molar-refractivity contribution in [3.05, 3.63) is 52.5 Å². The minimum absolute atomic E-state index is 0.238. The molecular formula is C22H21Cl2N7O2S2. The van der Waals surface area contributed by atoms with Crippen molar-refractivity contribution in [3.63, 3.8) is 0 Å². The highest BCUT2D eigenvalue weighted by molar-refractivity contribution is 7.89. The second-order valence-electron chi connectivity index (χ2n) is 8.06. The second-order valence-corrected chi connectivity index (χ2v) is 11.8. The molecule has 0 aliphatic carbocycles. The van der Waals surface area contributed by atoms with Crippen molar-refractivity contribution in [2.45, 2.75) is 4.90 Å². The Morgan fingerprint density at radius 1 is 0.971 bits per heavy atom. The minimum atomic E-state index is -3.56. The van der Waals surface area contributed by atoms with E-state index >= 15 is 0 Å². The third kappa shape index (κ3) is 4.80. The predicted molar refractivity (Wildman–Crippen MR) is 141 cm³/mol. The lowest BCUT2D eigenvalue weighted by atomic mass is 10.2. The van der Waals surface area contributed by atoms with Crippen LogP contribution in [0.1, 0.15) is 0 Å². The van der Waals surface area contributed by atoms with Gasteiger partial charge in [0, 0.05) is 31.9 Å². The summed E-state index contributed by atoms with van der Waals surface area (Å²) in [6.07, 6.45) is 0. The topological polar surface area (TPSA) is 117 Å². The molecule has 9 nitrogen and oxygen atoms in total. The Kier molecular flexibility index (Phi) is 6.55. The molecule has 3 N–H and O–H groups in total. The van der Waals surface area contributed by atoms with Gasteiger partial charge < -0.3 is 16.0 Å². The van der Waals surface area contributed by atoms with Crippen molar-refractivity contribution in [2.75, 3.05) is 44.3 Å². The molecule has 2 aromatic heterocycles. The number of aromatic nitrogens is 3. The van der Waals surface area contributed by atoms with Crippen LogP contribution in [-0.4, -0.2) is 65.8 Å². The molecule has 1 aliphatic heterocycles. The molecule has 0 unspecified atom stereocenters. The van der Waals surface area contributed by atoms with Crippen LogP contribution in [0, 0.1) is 0 Å². The normalized spacial score (nSPS) is 15.5. The number of benzene rings is 2. The van der Waals surface area contributed by atoms with E-state index in [0.717, 1.165) is 0 Å². The molecular weight excluding hydrogens is 529 g/mol. The molecule has 5 rings (SSSR count). The first-order valence-corrected chi connectivity index (χ1v) is 13.7. The van der Waals surface area contributed by atoms with E-state index in [1.54, 1.807) is 42.5 Å². The van der Waals surface area contributed by atoms with E-state index in [9.17, 15) is 8.42 Å². The number of thiazole rings is 1. The van der Waals surface area contributed by atoms with Crippen LogP contribution in [0.15, 0.2) is 47.4 Å². The third-order valence-corrected chi connectivity index (χ3v) is 9.00. The number of rotatable bonds is 5. The number of hydrogen-bond donors (Lipinski definition) is 2. The van der Waals surface area contributed by atoms with E-state index in [1.165, 1.54) is 15.6 Å². The molecule has 1 saturated heterocycles. The first-order chi connectivity index (χ1) is 16.7. The van der Waals surface area contributed by atoms with Crippen molar-refractivity contribution in [1.82, 2.24) is 24.2 Å². The van der Waals surface area contributed by atoms with Crippen molar-refractivity contribution < 1.29 is 8.42 Å². The van der Waals surface area contributed by atoms with Crippen molar-refractivity contribution in [2.24, 2.45) is 0 Å². The van der Waals surface area contributed by atoms with Gasteiger partial charge in [0.1, 0.15) is 5.52 Å². The molecule has 1 fully saturated rings. The number of sulfonamides is 1. The summed E-state index contributed by atoms with van der Waals surface area (Å²) in [5.41, 5.74) is 7.56. The number of likely N-dealkylation sites (N-methyl/N-ethyl adjacent to an activating group) is 1. The lowest BCUT2D eigenvalue weighted by Gasteiger charge is -2.31. The summed E-state index contributed by atoms with van der Waals surface area (Å²) in [7, 11) is -1.58. The largest absolute Gasteiger partial charge is 0.375 e. The fraction of sp³-hybridized carbons (Fsp3) is 0.227. The van der Waals surface area contributed by atoms with Gasteiger partial charge in [0.2, 0.25) is 10.0 Å². The Morgan fingerprint density at radius 2 is 1.63 bits per heavy atom. The van der Waals surface area contributed by atoms with Gasteiger partial charge in [-0.25, -0.2) is 23.4 Å². The summed E-state index contributed by atoms with van der Waals surface area (Å²) in [5.74, 6) is 0.733. The lowest BCUT2D eigenvalue weighted by Crippen LogP contribution is -2.46. The maximum absolute atomic E-state index is 13.0. The fourth-order valence-corrected chi connectivity index (χ4v) is 6.47. The van der Waals surface area contributed by atoms with Gasteiger partial charge >= 0.3 is 0 Å². The highest BCUT2D eigenvalue weighted by Gasteiger charge is 2.27. The standard InChI is InChI=1S/C22H21Cl2N7O2S2/c1-30-9-11-31(12-10-30)35(32,33)14-7-5-13(6-8-14)26-20-18-21(34-22(25)27-18)29-19(28-20)17-15(23)3-2-4-16(17)24/h2-8H,9-12H2,1H3,(H2,25,27)(H,26,28,29). The van der Waals surface area contributed by atoms with E-state index in [4.69, 9.17) is 28.9 Å². The minimum Gasteiger partial charge on any atom is -0.375 e. The Balaban J connectivity index is 1.48. The van der Waals surface area contributed by atoms with Gasteiger partial charge in [0.15, 0.2) is 21.6 Å². The van der Waals surface area contributed by atoms with Gasteiger partial charge in [-0.2, -0.15) is 4.31 Å². The van der Waals surface area contributed by atoms with Crippen LogP contribution in [0.25, 0.3) is 21.7 Å². The van der Waals surface area contributed by atoms with E-state index in [1.807, 2.05) is 7.05 Å². The molecule has 4 aromatic rings. The van der Waals surface area contributed by atoms with Gasteiger partial charge in [-0.1, -0.05) is 40.6 Å². The van der Waals surface area contributed by atoms with E-state index in [2.05, 4.69) is 25.2 Å². The fourth-order valence-electron chi connectivity index (χ4n) is 3.77. The molecule has 35 heavy (non-hydrogen) atoms. The summed E-state index contributed by atoms with van der Waals surface area (Å²) < 4.78 is 27.6. The van der Waals surface area contributed by atoms with Gasteiger partial charge in [0.25, 0.3) is 0 Å². The van der Waals surface area contributed by atoms with E-state index in [0.29, 0.717) is 74.6 Å². The first-order valence-electron chi connectivity index (χ1n) is 10.7. The number of halogens is 2. The molecule has 0 atom stereocenters. The summed E-state index contributed by atoms with van der Waals surface area (Å²) in [4.78, 5) is 16.4. The third-order valence-electron chi connectivity index (χ3n) is 5.68. The van der Waals surface area contributed by atoms with E-state index < -0.39 is 10.0 Å². The zero-order valence-electron chi connectivity index (χ0n) is 18.6. The molecule has 0 bridgehead atoms. The molecule has 3 heterocycles. The molecule has 0 radical (unpaired) electrons. The van der Waals surface area contributed by atoms with Crippen LogP contribution in [0.4, 0.5) is 16.6 Å². The number of nitrogens with one attached hydrogen (secondary N) is 1. The van der Waals surface area contributed by atoms with E-state index in [-0.39, 0.29) is 4.90 Å².